The Labute approximate surface area is 119 Å². The van der Waals surface area contributed by atoms with E-state index in [1.165, 1.54) is 0 Å². The van der Waals surface area contributed by atoms with Crippen LogP contribution in [0.5, 0.6) is 0 Å². The maximum Gasteiger partial charge on any atom is 0.225 e. The zero-order valence-corrected chi connectivity index (χ0v) is 12.0. The number of anilines is 2. The van der Waals surface area contributed by atoms with Gasteiger partial charge in [0.05, 0.1) is 0 Å². The van der Waals surface area contributed by atoms with Gasteiger partial charge in [0.25, 0.3) is 0 Å². The van der Waals surface area contributed by atoms with Gasteiger partial charge in [0.2, 0.25) is 12.3 Å². The van der Waals surface area contributed by atoms with Crippen molar-refractivity contribution in [2.24, 2.45) is 5.92 Å². The molecule has 5 nitrogen and oxygen atoms in total. The summed E-state index contributed by atoms with van der Waals surface area (Å²) in [5.41, 5.74) is 1.91. The molecule has 108 valence electrons. The first-order valence-corrected chi connectivity index (χ1v) is 6.96. The first-order chi connectivity index (χ1) is 9.61. The fraction of sp³-hybridized carbons (Fsp3) is 0.467. The molecule has 0 saturated carbocycles. The van der Waals surface area contributed by atoms with E-state index in [4.69, 9.17) is 0 Å². The predicted octanol–water partition coefficient (Wildman–Crippen LogP) is 1.56. The van der Waals surface area contributed by atoms with Crippen LogP contribution >= 0.6 is 0 Å². The number of hydrogen-bond acceptors (Lipinski definition) is 3. The van der Waals surface area contributed by atoms with Crippen LogP contribution in [-0.4, -0.2) is 43.4 Å². The summed E-state index contributed by atoms with van der Waals surface area (Å²) in [6, 6.07) is 7.75. The summed E-state index contributed by atoms with van der Waals surface area (Å²) < 4.78 is 0. The summed E-state index contributed by atoms with van der Waals surface area (Å²) in [7, 11) is 0. The molecule has 0 spiro atoms. The van der Waals surface area contributed by atoms with E-state index >= 15 is 0 Å². The van der Waals surface area contributed by atoms with Crippen LogP contribution in [0.1, 0.15) is 13.8 Å². The molecule has 1 heterocycles. The van der Waals surface area contributed by atoms with E-state index in [1.54, 1.807) is 0 Å². The molecule has 1 aromatic carbocycles. The molecule has 0 radical (unpaired) electrons. The van der Waals surface area contributed by atoms with Gasteiger partial charge in [-0.2, -0.15) is 0 Å². The first-order valence-electron chi connectivity index (χ1n) is 6.96. The molecule has 20 heavy (non-hydrogen) atoms. The standard InChI is InChI=1S/C15H21N3O2/c1-12(2)15(20)18-9-7-17(8-10-18)14-5-3-13(4-6-14)16-11-19/h3-6,11-12H,7-10H2,1-2H3,(H,16,19). The molecular formula is C15H21N3O2. The smallest absolute Gasteiger partial charge is 0.225 e. The lowest BCUT2D eigenvalue weighted by Crippen LogP contribution is -2.49. The van der Waals surface area contributed by atoms with E-state index in [1.807, 2.05) is 43.0 Å². The van der Waals surface area contributed by atoms with Gasteiger partial charge in [-0.25, -0.2) is 0 Å². The molecular weight excluding hydrogens is 254 g/mol. The molecule has 0 atom stereocenters. The molecule has 0 unspecified atom stereocenters. The van der Waals surface area contributed by atoms with Crippen LogP contribution in [0, 0.1) is 5.92 Å². The normalized spacial score (nSPS) is 15.3. The Bertz CT molecular complexity index is 463. The highest BCUT2D eigenvalue weighted by atomic mass is 16.2. The summed E-state index contributed by atoms with van der Waals surface area (Å²) in [6.45, 7) is 7.11. The van der Waals surface area contributed by atoms with Crippen LogP contribution in [0.4, 0.5) is 11.4 Å². The zero-order chi connectivity index (χ0) is 14.5. The van der Waals surface area contributed by atoms with E-state index in [9.17, 15) is 9.59 Å². The van der Waals surface area contributed by atoms with Gasteiger partial charge in [-0.05, 0) is 24.3 Å². The zero-order valence-electron chi connectivity index (χ0n) is 12.0. The SMILES string of the molecule is CC(C)C(=O)N1CCN(c2ccc(NC=O)cc2)CC1. The van der Waals surface area contributed by atoms with Crippen LogP contribution in [-0.2, 0) is 9.59 Å². The van der Waals surface area contributed by atoms with Crippen molar-refractivity contribution in [2.75, 3.05) is 36.4 Å². The lowest BCUT2D eigenvalue weighted by molar-refractivity contribution is -0.134. The number of carbonyl (C=O) groups is 2. The lowest BCUT2D eigenvalue weighted by atomic mass is 10.1. The van der Waals surface area contributed by atoms with Gasteiger partial charge in [-0.15, -0.1) is 0 Å². The second kappa shape index (κ2) is 6.41. The maximum absolute atomic E-state index is 11.9. The van der Waals surface area contributed by atoms with Gasteiger partial charge in [0.15, 0.2) is 0 Å². The van der Waals surface area contributed by atoms with Crippen molar-refractivity contribution in [2.45, 2.75) is 13.8 Å². The molecule has 1 N–H and O–H groups in total. The molecule has 1 aromatic rings. The summed E-state index contributed by atoms with van der Waals surface area (Å²) >= 11 is 0. The number of nitrogens with zero attached hydrogens (tertiary/aromatic N) is 2. The summed E-state index contributed by atoms with van der Waals surface area (Å²) in [6.07, 6.45) is 0.672. The highest BCUT2D eigenvalue weighted by Crippen LogP contribution is 2.19. The van der Waals surface area contributed by atoms with Gasteiger partial charge in [-0.3, -0.25) is 9.59 Å². The maximum atomic E-state index is 11.9. The third kappa shape index (κ3) is 3.29. The Kier molecular flexibility index (Phi) is 4.61. The van der Waals surface area contributed by atoms with Crippen molar-refractivity contribution in [3.8, 4) is 0 Å². The third-order valence-electron chi connectivity index (χ3n) is 3.54. The number of hydrogen-bond donors (Lipinski definition) is 1. The number of nitrogens with one attached hydrogen (secondary N) is 1. The molecule has 1 aliphatic heterocycles. The van der Waals surface area contributed by atoms with Crippen LogP contribution < -0.4 is 10.2 Å². The fourth-order valence-corrected chi connectivity index (χ4v) is 2.39. The molecule has 0 aromatic heterocycles. The van der Waals surface area contributed by atoms with Crippen LogP contribution in [0.3, 0.4) is 0 Å². The molecule has 5 heteroatoms. The van der Waals surface area contributed by atoms with Crippen LogP contribution in [0.15, 0.2) is 24.3 Å². The van der Waals surface area contributed by atoms with Crippen molar-refractivity contribution >= 4 is 23.7 Å². The molecule has 0 bridgehead atoms. The predicted molar refractivity (Wildman–Crippen MR) is 79.8 cm³/mol. The van der Waals surface area contributed by atoms with E-state index in [0.717, 1.165) is 37.6 Å². The van der Waals surface area contributed by atoms with Crippen molar-refractivity contribution < 1.29 is 9.59 Å². The largest absolute Gasteiger partial charge is 0.368 e. The number of amides is 2. The van der Waals surface area contributed by atoms with Crippen molar-refractivity contribution in [3.63, 3.8) is 0 Å². The molecule has 2 amide bonds. The second-order valence-electron chi connectivity index (χ2n) is 5.28. The minimum absolute atomic E-state index is 0.0650. The Morgan fingerprint density at radius 1 is 1.15 bits per heavy atom. The topological polar surface area (TPSA) is 52.7 Å². The number of benzene rings is 1. The van der Waals surface area contributed by atoms with Gasteiger partial charge in [-0.1, -0.05) is 13.8 Å². The quantitative estimate of drug-likeness (QED) is 0.848. The summed E-state index contributed by atoms with van der Waals surface area (Å²) in [5, 5.41) is 2.62. The highest BCUT2D eigenvalue weighted by Gasteiger charge is 2.22. The van der Waals surface area contributed by atoms with Crippen LogP contribution in [0.2, 0.25) is 0 Å². The minimum Gasteiger partial charge on any atom is -0.368 e. The Hall–Kier alpha value is -2.04. The van der Waals surface area contributed by atoms with E-state index in [-0.39, 0.29) is 11.8 Å². The summed E-state index contributed by atoms with van der Waals surface area (Å²) in [4.78, 5) is 26.5. The van der Waals surface area contributed by atoms with Gasteiger partial charge >= 0.3 is 0 Å². The lowest BCUT2D eigenvalue weighted by Gasteiger charge is -2.37. The fourth-order valence-electron chi connectivity index (χ4n) is 2.39. The van der Waals surface area contributed by atoms with Crippen molar-refractivity contribution in [3.05, 3.63) is 24.3 Å². The number of carbonyl (C=O) groups excluding carboxylic acids is 2. The molecule has 2 rings (SSSR count). The highest BCUT2D eigenvalue weighted by molar-refractivity contribution is 5.78. The van der Waals surface area contributed by atoms with Gasteiger partial charge in [0, 0.05) is 43.5 Å². The minimum atomic E-state index is 0.0650. The summed E-state index contributed by atoms with van der Waals surface area (Å²) in [5.74, 6) is 0.297. The average molecular weight is 275 g/mol. The number of piperazine rings is 1. The van der Waals surface area contributed by atoms with Crippen molar-refractivity contribution in [1.82, 2.24) is 4.90 Å². The third-order valence-corrected chi connectivity index (χ3v) is 3.54. The van der Waals surface area contributed by atoms with Gasteiger partial charge in [0.1, 0.15) is 0 Å². The van der Waals surface area contributed by atoms with E-state index < -0.39 is 0 Å². The first kappa shape index (κ1) is 14.4. The number of rotatable bonds is 4. The van der Waals surface area contributed by atoms with E-state index in [0.29, 0.717) is 6.41 Å². The van der Waals surface area contributed by atoms with E-state index in [2.05, 4.69) is 10.2 Å². The monoisotopic (exact) mass is 275 g/mol. The van der Waals surface area contributed by atoms with Crippen molar-refractivity contribution in [1.29, 1.82) is 0 Å². The molecule has 0 aliphatic carbocycles. The molecule has 1 saturated heterocycles. The molecule has 1 aliphatic rings. The Morgan fingerprint density at radius 2 is 1.75 bits per heavy atom. The second-order valence-corrected chi connectivity index (χ2v) is 5.28. The average Bonchev–Trinajstić information content (AvgIpc) is 2.48. The Morgan fingerprint density at radius 3 is 2.25 bits per heavy atom. The van der Waals surface area contributed by atoms with Gasteiger partial charge < -0.3 is 15.1 Å². The molecule has 1 fully saturated rings. The Balaban J connectivity index is 1.93. The van der Waals surface area contributed by atoms with Crippen LogP contribution in [0.25, 0.3) is 0 Å².